The Labute approximate surface area is 134 Å². The minimum Gasteiger partial charge on any atom is -0.507 e. The summed E-state index contributed by atoms with van der Waals surface area (Å²) in [6.07, 6.45) is 4.09. The maximum absolute atomic E-state index is 10.7. The SMILES string of the molecule is Cc1cc(CC(C)O)cc(C2CC3CCC2(C)C3(C)C)c1O. The fourth-order valence-electron chi connectivity index (χ4n) is 5.28. The first-order valence-electron chi connectivity index (χ1n) is 8.67. The van der Waals surface area contributed by atoms with Gasteiger partial charge in [-0.2, -0.15) is 0 Å². The van der Waals surface area contributed by atoms with Crippen molar-refractivity contribution in [3.05, 3.63) is 28.8 Å². The highest BCUT2D eigenvalue weighted by Gasteiger charge is 2.61. The largest absolute Gasteiger partial charge is 0.507 e. The van der Waals surface area contributed by atoms with Gasteiger partial charge in [0.1, 0.15) is 5.75 Å². The Hall–Kier alpha value is -1.02. The molecule has 0 heterocycles. The van der Waals surface area contributed by atoms with E-state index in [0.717, 1.165) is 22.6 Å². The number of aryl methyl sites for hydroxylation is 1. The van der Waals surface area contributed by atoms with Crippen LogP contribution in [0.1, 0.15) is 69.6 Å². The van der Waals surface area contributed by atoms with Crippen LogP contribution < -0.4 is 0 Å². The van der Waals surface area contributed by atoms with E-state index in [9.17, 15) is 10.2 Å². The number of aliphatic hydroxyl groups is 1. The Morgan fingerprint density at radius 2 is 1.95 bits per heavy atom. The molecule has 0 aliphatic heterocycles. The first kappa shape index (κ1) is 15.9. The molecule has 0 amide bonds. The quantitative estimate of drug-likeness (QED) is 0.859. The number of hydrogen-bond acceptors (Lipinski definition) is 2. The van der Waals surface area contributed by atoms with Crippen LogP contribution in [0, 0.1) is 23.7 Å². The van der Waals surface area contributed by atoms with Crippen LogP contribution in [0.5, 0.6) is 5.75 Å². The van der Waals surface area contributed by atoms with Crippen molar-refractivity contribution in [2.24, 2.45) is 16.7 Å². The molecule has 122 valence electrons. The molecule has 4 atom stereocenters. The molecule has 2 N–H and O–H groups in total. The standard InChI is InChI=1S/C20H30O2/c1-12-8-14(9-13(2)21)10-16(18(12)22)17-11-15-6-7-20(17,5)19(15,3)4/h8,10,13,15,17,21-22H,6-7,9,11H2,1-5H3. The summed E-state index contributed by atoms with van der Waals surface area (Å²) in [5, 5.41) is 20.4. The molecule has 2 nitrogen and oxygen atoms in total. The van der Waals surface area contributed by atoms with Crippen LogP contribution in [-0.4, -0.2) is 16.3 Å². The Morgan fingerprint density at radius 3 is 2.45 bits per heavy atom. The normalized spacial score (nSPS) is 34.1. The Bertz CT molecular complexity index is 588. The van der Waals surface area contributed by atoms with Crippen molar-refractivity contribution in [2.45, 2.75) is 72.3 Å². The summed E-state index contributed by atoms with van der Waals surface area (Å²) in [6, 6.07) is 4.17. The highest BCUT2D eigenvalue weighted by Crippen LogP contribution is 2.71. The van der Waals surface area contributed by atoms with Gasteiger partial charge < -0.3 is 10.2 Å². The lowest BCUT2D eigenvalue weighted by molar-refractivity contribution is 0.133. The summed E-state index contributed by atoms with van der Waals surface area (Å²) in [7, 11) is 0. The molecule has 2 fully saturated rings. The summed E-state index contributed by atoms with van der Waals surface area (Å²) >= 11 is 0. The molecule has 22 heavy (non-hydrogen) atoms. The van der Waals surface area contributed by atoms with Gasteiger partial charge in [0, 0.05) is 0 Å². The first-order valence-corrected chi connectivity index (χ1v) is 8.67. The van der Waals surface area contributed by atoms with Crippen LogP contribution in [0.15, 0.2) is 12.1 Å². The van der Waals surface area contributed by atoms with Crippen molar-refractivity contribution < 1.29 is 10.2 Å². The minimum atomic E-state index is -0.344. The third-order valence-electron chi connectivity index (χ3n) is 7.09. The monoisotopic (exact) mass is 302 g/mol. The molecule has 1 aromatic carbocycles. The number of fused-ring (bicyclic) bond motifs is 2. The van der Waals surface area contributed by atoms with Crippen LogP contribution in [0.2, 0.25) is 0 Å². The fraction of sp³-hybridized carbons (Fsp3) is 0.700. The molecule has 2 saturated carbocycles. The summed E-state index contributed by atoms with van der Waals surface area (Å²) in [5.41, 5.74) is 3.82. The lowest BCUT2D eigenvalue weighted by Gasteiger charge is -2.40. The molecule has 0 saturated heterocycles. The average Bonchev–Trinajstić information content (AvgIpc) is 2.74. The van der Waals surface area contributed by atoms with Crippen molar-refractivity contribution in [1.82, 2.24) is 0 Å². The third-order valence-corrected chi connectivity index (χ3v) is 7.09. The van der Waals surface area contributed by atoms with Crippen molar-refractivity contribution in [3.8, 4) is 5.75 Å². The van der Waals surface area contributed by atoms with Crippen LogP contribution >= 0.6 is 0 Å². The van der Waals surface area contributed by atoms with Gasteiger partial charge in [0.15, 0.2) is 0 Å². The fourth-order valence-corrected chi connectivity index (χ4v) is 5.28. The molecule has 1 aromatic rings. The number of benzene rings is 1. The lowest BCUT2D eigenvalue weighted by atomic mass is 9.64. The highest BCUT2D eigenvalue weighted by atomic mass is 16.3. The topological polar surface area (TPSA) is 40.5 Å². The van der Waals surface area contributed by atoms with Gasteiger partial charge in [0.05, 0.1) is 6.10 Å². The van der Waals surface area contributed by atoms with Gasteiger partial charge in [-0.05, 0) is 78.9 Å². The molecular weight excluding hydrogens is 272 g/mol. The minimum absolute atomic E-state index is 0.269. The molecular formula is C20H30O2. The van der Waals surface area contributed by atoms with Crippen molar-refractivity contribution in [2.75, 3.05) is 0 Å². The molecule has 2 bridgehead atoms. The molecule has 2 aliphatic carbocycles. The maximum Gasteiger partial charge on any atom is 0.121 e. The number of phenolic OH excluding ortho intramolecular Hbond substituents is 1. The second-order valence-electron chi connectivity index (χ2n) is 8.57. The number of hydrogen-bond donors (Lipinski definition) is 2. The van der Waals surface area contributed by atoms with E-state index in [1.807, 2.05) is 19.9 Å². The second-order valence-corrected chi connectivity index (χ2v) is 8.57. The van der Waals surface area contributed by atoms with Gasteiger partial charge >= 0.3 is 0 Å². The maximum atomic E-state index is 10.7. The number of aliphatic hydroxyl groups excluding tert-OH is 1. The van der Waals surface area contributed by atoms with Gasteiger partial charge in [0.25, 0.3) is 0 Å². The van der Waals surface area contributed by atoms with E-state index in [-0.39, 0.29) is 11.5 Å². The van der Waals surface area contributed by atoms with E-state index in [1.165, 1.54) is 19.3 Å². The zero-order valence-electron chi connectivity index (χ0n) is 14.6. The van der Waals surface area contributed by atoms with Crippen molar-refractivity contribution in [1.29, 1.82) is 0 Å². The summed E-state index contributed by atoms with van der Waals surface area (Å²) in [6.45, 7) is 11.0. The predicted molar refractivity (Wildman–Crippen MR) is 90.2 cm³/mol. The molecule has 2 aliphatic rings. The Morgan fingerprint density at radius 1 is 1.27 bits per heavy atom. The molecule has 2 heteroatoms. The number of aromatic hydroxyl groups is 1. The van der Waals surface area contributed by atoms with Crippen molar-refractivity contribution in [3.63, 3.8) is 0 Å². The van der Waals surface area contributed by atoms with Gasteiger partial charge in [-0.1, -0.05) is 32.9 Å². The molecule has 0 aromatic heterocycles. The molecule has 0 spiro atoms. The number of phenols is 1. The van der Waals surface area contributed by atoms with E-state index < -0.39 is 0 Å². The zero-order chi connectivity index (χ0) is 16.3. The highest BCUT2D eigenvalue weighted by molar-refractivity contribution is 5.47. The lowest BCUT2D eigenvalue weighted by Crippen LogP contribution is -2.31. The van der Waals surface area contributed by atoms with E-state index in [2.05, 4.69) is 26.8 Å². The van der Waals surface area contributed by atoms with Gasteiger partial charge in [-0.25, -0.2) is 0 Å². The Kier molecular flexibility index (Phi) is 3.60. The van der Waals surface area contributed by atoms with Crippen molar-refractivity contribution >= 4 is 0 Å². The number of rotatable bonds is 3. The smallest absolute Gasteiger partial charge is 0.121 e. The summed E-state index contributed by atoms with van der Waals surface area (Å²) < 4.78 is 0. The van der Waals surface area contributed by atoms with Crippen LogP contribution in [0.3, 0.4) is 0 Å². The third kappa shape index (κ3) is 2.11. The van der Waals surface area contributed by atoms with E-state index in [4.69, 9.17) is 0 Å². The van der Waals surface area contributed by atoms with Crippen LogP contribution in [-0.2, 0) is 6.42 Å². The summed E-state index contributed by atoms with van der Waals surface area (Å²) in [5.74, 6) is 1.68. The second kappa shape index (κ2) is 4.99. The predicted octanol–water partition coefficient (Wildman–Crippen LogP) is 4.55. The van der Waals surface area contributed by atoms with Gasteiger partial charge in [-0.15, -0.1) is 0 Å². The molecule has 3 rings (SSSR count). The summed E-state index contributed by atoms with van der Waals surface area (Å²) in [4.78, 5) is 0. The molecule has 0 radical (unpaired) electrons. The van der Waals surface area contributed by atoms with Crippen LogP contribution in [0.4, 0.5) is 0 Å². The average molecular weight is 302 g/mol. The first-order chi connectivity index (χ1) is 10.2. The van der Waals surface area contributed by atoms with E-state index >= 15 is 0 Å². The van der Waals surface area contributed by atoms with Gasteiger partial charge in [-0.3, -0.25) is 0 Å². The Balaban J connectivity index is 2.04. The van der Waals surface area contributed by atoms with E-state index in [0.29, 0.717) is 23.5 Å². The zero-order valence-corrected chi connectivity index (χ0v) is 14.6. The molecule has 4 unspecified atom stereocenters. The van der Waals surface area contributed by atoms with E-state index in [1.54, 1.807) is 0 Å². The van der Waals surface area contributed by atoms with Gasteiger partial charge in [0.2, 0.25) is 0 Å². The van der Waals surface area contributed by atoms with Crippen LogP contribution in [0.25, 0.3) is 0 Å².